The molecule has 0 aromatic heterocycles. The van der Waals surface area contributed by atoms with Crippen LogP contribution in [0, 0.1) is 0 Å². The van der Waals surface area contributed by atoms with E-state index < -0.39 is 0 Å². The standard InChI is InChI=1S/C11H15ClO/c1-11(2,7-8-13)9-3-5-10(12)6-4-9/h3-6,13H,7-8H2,1-2H3. The fourth-order valence-electron chi connectivity index (χ4n) is 1.32. The summed E-state index contributed by atoms with van der Waals surface area (Å²) >= 11 is 5.79. The van der Waals surface area contributed by atoms with Gasteiger partial charge in [0.1, 0.15) is 0 Å². The van der Waals surface area contributed by atoms with Crippen LogP contribution in [0.4, 0.5) is 0 Å². The highest BCUT2D eigenvalue weighted by molar-refractivity contribution is 6.30. The molecule has 1 aromatic rings. The van der Waals surface area contributed by atoms with Gasteiger partial charge in [-0.3, -0.25) is 0 Å². The highest BCUT2D eigenvalue weighted by atomic mass is 35.5. The first-order valence-corrected chi connectivity index (χ1v) is 4.81. The fourth-order valence-corrected chi connectivity index (χ4v) is 1.45. The summed E-state index contributed by atoms with van der Waals surface area (Å²) in [6.07, 6.45) is 0.772. The highest BCUT2D eigenvalue weighted by Gasteiger charge is 2.19. The van der Waals surface area contributed by atoms with Crippen LogP contribution in [0.1, 0.15) is 25.8 Å². The van der Waals surface area contributed by atoms with E-state index in [1.165, 1.54) is 5.56 Å². The van der Waals surface area contributed by atoms with Gasteiger partial charge in [0.15, 0.2) is 0 Å². The number of benzene rings is 1. The molecule has 0 radical (unpaired) electrons. The fraction of sp³-hybridized carbons (Fsp3) is 0.455. The molecule has 0 unspecified atom stereocenters. The lowest BCUT2D eigenvalue weighted by Crippen LogP contribution is -2.18. The van der Waals surface area contributed by atoms with Crippen molar-refractivity contribution in [3.05, 3.63) is 34.9 Å². The topological polar surface area (TPSA) is 20.2 Å². The molecule has 0 saturated carbocycles. The molecule has 1 N–H and O–H groups in total. The number of aliphatic hydroxyl groups excluding tert-OH is 1. The van der Waals surface area contributed by atoms with Crippen LogP contribution < -0.4 is 0 Å². The minimum Gasteiger partial charge on any atom is -0.396 e. The van der Waals surface area contributed by atoms with Gasteiger partial charge in [-0.15, -0.1) is 0 Å². The summed E-state index contributed by atoms with van der Waals surface area (Å²) in [6, 6.07) is 7.79. The predicted octanol–water partition coefficient (Wildman–Crippen LogP) is 3.00. The molecule has 0 aliphatic heterocycles. The Kier molecular flexibility index (Phi) is 3.34. The van der Waals surface area contributed by atoms with E-state index in [2.05, 4.69) is 13.8 Å². The third kappa shape index (κ3) is 2.71. The van der Waals surface area contributed by atoms with Gasteiger partial charge in [0.2, 0.25) is 0 Å². The summed E-state index contributed by atoms with van der Waals surface area (Å²) in [5, 5.41) is 9.65. The van der Waals surface area contributed by atoms with Crippen LogP contribution >= 0.6 is 11.6 Å². The van der Waals surface area contributed by atoms with Crippen molar-refractivity contribution in [2.45, 2.75) is 25.7 Å². The molecule has 0 saturated heterocycles. The van der Waals surface area contributed by atoms with Gasteiger partial charge < -0.3 is 5.11 Å². The first-order valence-electron chi connectivity index (χ1n) is 4.43. The molecule has 72 valence electrons. The lowest BCUT2D eigenvalue weighted by molar-refractivity contribution is 0.252. The molecule has 0 bridgehead atoms. The van der Waals surface area contributed by atoms with Crippen LogP contribution in [0.25, 0.3) is 0 Å². The Labute approximate surface area is 84.4 Å². The molecule has 1 aromatic carbocycles. The molecule has 0 heterocycles. The van der Waals surface area contributed by atoms with Crippen molar-refractivity contribution in [3.63, 3.8) is 0 Å². The third-order valence-electron chi connectivity index (χ3n) is 2.36. The van der Waals surface area contributed by atoms with Gasteiger partial charge in [-0.2, -0.15) is 0 Å². The average Bonchev–Trinajstić information content (AvgIpc) is 2.05. The van der Waals surface area contributed by atoms with E-state index in [0.29, 0.717) is 0 Å². The van der Waals surface area contributed by atoms with Gasteiger partial charge in [-0.05, 0) is 29.5 Å². The highest BCUT2D eigenvalue weighted by Crippen LogP contribution is 2.27. The van der Waals surface area contributed by atoms with E-state index >= 15 is 0 Å². The van der Waals surface area contributed by atoms with Crippen LogP contribution in [0.5, 0.6) is 0 Å². The maximum absolute atomic E-state index is 8.89. The number of rotatable bonds is 3. The zero-order chi connectivity index (χ0) is 9.90. The maximum atomic E-state index is 8.89. The number of halogens is 1. The summed E-state index contributed by atoms with van der Waals surface area (Å²) in [4.78, 5) is 0. The van der Waals surface area contributed by atoms with Crippen molar-refractivity contribution in [2.75, 3.05) is 6.61 Å². The SMILES string of the molecule is CC(C)(CCO)c1ccc(Cl)cc1. The summed E-state index contributed by atoms with van der Waals surface area (Å²) in [7, 11) is 0. The first kappa shape index (κ1) is 10.6. The van der Waals surface area contributed by atoms with Gasteiger partial charge in [-0.25, -0.2) is 0 Å². The lowest BCUT2D eigenvalue weighted by atomic mass is 9.82. The van der Waals surface area contributed by atoms with E-state index in [9.17, 15) is 0 Å². The quantitative estimate of drug-likeness (QED) is 0.792. The van der Waals surface area contributed by atoms with E-state index in [4.69, 9.17) is 16.7 Å². The largest absolute Gasteiger partial charge is 0.396 e. The van der Waals surface area contributed by atoms with Crippen molar-refractivity contribution in [3.8, 4) is 0 Å². The minimum atomic E-state index is 0.0271. The smallest absolute Gasteiger partial charge is 0.0439 e. The van der Waals surface area contributed by atoms with E-state index in [0.717, 1.165) is 11.4 Å². The van der Waals surface area contributed by atoms with Crippen LogP contribution in [0.3, 0.4) is 0 Å². The van der Waals surface area contributed by atoms with Crippen LogP contribution in [-0.2, 0) is 5.41 Å². The van der Waals surface area contributed by atoms with Crippen molar-refractivity contribution >= 4 is 11.6 Å². The molecule has 0 fully saturated rings. The van der Waals surface area contributed by atoms with Crippen molar-refractivity contribution in [2.24, 2.45) is 0 Å². The number of hydrogen-bond acceptors (Lipinski definition) is 1. The summed E-state index contributed by atoms with van der Waals surface area (Å²) in [5.74, 6) is 0. The summed E-state index contributed by atoms with van der Waals surface area (Å²) in [5.41, 5.74) is 1.24. The Balaban J connectivity index is 2.87. The van der Waals surface area contributed by atoms with E-state index in [-0.39, 0.29) is 12.0 Å². The second kappa shape index (κ2) is 4.12. The van der Waals surface area contributed by atoms with Gasteiger partial charge in [0, 0.05) is 11.6 Å². The van der Waals surface area contributed by atoms with Gasteiger partial charge in [0.25, 0.3) is 0 Å². The maximum Gasteiger partial charge on any atom is 0.0439 e. The second-order valence-corrected chi connectivity index (χ2v) is 4.30. The average molecular weight is 199 g/mol. The molecular weight excluding hydrogens is 184 g/mol. The summed E-state index contributed by atoms with van der Waals surface area (Å²) in [6.45, 7) is 4.45. The molecular formula is C11H15ClO. The Bertz CT molecular complexity index is 264. The van der Waals surface area contributed by atoms with Crippen molar-refractivity contribution in [1.82, 2.24) is 0 Å². The molecule has 1 rings (SSSR count). The first-order chi connectivity index (χ1) is 6.06. The van der Waals surface area contributed by atoms with Gasteiger partial charge in [0.05, 0.1) is 0 Å². The molecule has 0 aliphatic carbocycles. The summed E-state index contributed by atoms with van der Waals surface area (Å²) < 4.78 is 0. The Morgan fingerprint density at radius 1 is 1.23 bits per heavy atom. The molecule has 1 nitrogen and oxygen atoms in total. The number of aliphatic hydroxyl groups is 1. The van der Waals surface area contributed by atoms with Crippen LogP contribution in [-0.4, -0.2) is 11.7 Å². The van der Waals surface area contributed by atoms with Crippen molar-refractivity contribution < 1.29 is 5.11 Å². The third-order valence-corrected chi connectivity index (χ3v) is 2.61. The molecule has 0 amide bonds. The zero-order valence-electron chi connectivity index (χ0n) is 8.05. The van der Waals surface area contributed by atoms with Crippen molar-refractivity contribution in [1.29, 1.82) is 0 Å². The zero-order valence-corrected chi connectivity index (χ0v) is 8.80. The molecule has 0 atom stereocenters. The minimum absolute atomic E-state index is 0.0271. The van der Waals surface area contributed by atoms with E-state index in [1.54, 1.807) is 0 Å². The van der Waals surface area contributed by atoms with E-state index in [1.807, 2.05) is 24.3 Å². The molecule has 0 spiro atoms. The van der Waals surface area contributed by atoms with Gasteiger partial charge >= 0.3 is 0 Å². The second-order valence-electron chi connectivity index (χ2n) is 3.86. The molecule has 0 aliphatic rings. The van der Waals surface area contributed by atoms with Crippen LogP contribution in [0.15, 0.2) is 24.3 Å². The Morgan fingerprint density at radius 2 is 1.77 bits per heavy atom. The van der Waals surface area contributed by atoms with Gasteiger partial charge in [-0.1, -0.05) is 37.6 Å². The Morgan fingerprint density at radius 3 is 2.23 bits per heavy atom. The Hall–Kier alpha value is -0.530. The molecule has 13 heavy (non-hydrogen) atoms. The monoisotopic (exact) mass is 198 g/mol. The molecule has 2 heteroatoms. The number of hydrogen-bond donors (Lipinski definition) is 1. The predicted molar refractivity (Wildman–Crippen MR) is 56.2 cm³/mol. The normalized spacial score (nSPS) is 11.7. The lowest BCUT2D eigenvalue weighted by Gasteiger charge is -2.24. The van der Waals surface area contributed by atoms with Crippen LogP contribution in [0.2, 0.25) is 5.02 Å².